The summed E-state index contributed by atoms with van der Waals surface area (Å²) in [6.45, 7) is 4.69. The van der Waals surface area contributed by atoms with Crippen molar-refractivity contribution >= 4 is 0 Å². The first-order chi connectivity index (χ1) is 7.24. The van der Waals surface area contributed by atoms with Crippen LogP contribution in [0.25, 0.3) is 0 Å². The molecule has 2 aliphatic carbocycles. The third-order valence-corrected chi connectivity index (χ3v) is 3.91. The van der Waals surface area contributed by atoms with Crippen LogP contribution in [0.2, 0.25) is 0 Å². The largest absolute Gasteiger partial charge is 0.495 e. The minimum absolute atomic E-state index is 0.529. The van der Waals surface area contributed by atoms with Gasteiger partial charge >= 0.3 is 0 Å². The van der Waals surface area contributed by atoms with Gasteiger partial charge in [0.05, 0.1) is 11.9 Å². The summed E-state index contributed by atoms with van der Waals surface area (Å²) < 4.78 is 6.09. The lowest BCUT2D eigenvalue weighted by molar-refractivity contribution is 0.0606. The van der Waals surface area contributed by atoms with E-state index in [4.69, 9.17) is 4.74 Å². The molecule has 2 rings (SSSR count). The van der Waals surface area contributed by atoms with Gasteiger partial charge in [-0.1, -0.05) is 13.8 Å². The van der Waals surface area contributed by atoms with Crippen LogP contribution >= 0.6 is 0 Å². The lowest BCUT2D eigenvalue weighted by Crippen LogP contribution is -2.21. The van der Waals surface area contributed by atoms with E-state index in [0.717, 1.165) is 11.8 Å². The first kappa shape index (κ1) is 11.0. The van der Waals surface area contributed by atoms with E-state index in [0.29, 0.717) is 6.10 Å². The SMILES string of the molecule is CC1CC=C(OC2CCC(C)CC2)CC1. The van der Waals surface area contributed by atoms with Crippen molar-refractivity contribution in [3.8, 4) is 0 Å². The fourth-order valence-electron chi connectivity index (χ4n) is 2.61. The molecule has 0 aromatic rings. The fraction of sp³-hybridized carbons (Fsp3) is 0.857. The van der Waals surface area contributed by atoms with Crippen molar-refractivity contribution in [1.29, 1.82) is 0 Å². The van der Waals surface area contributed by atoms with Crippen molar-refractivity contribution in [2.45, 2.75) is 64.9 Å². The number of hydrogen-bond donors (Lipinski definition) is 0. The van der Waals surface area contributed by atoms with Gasteiger partial charge in [-0.25, -0.2) is 0 Å². The number of ether oxygens (including phenoxy) is 1. The van der Waals surface area contributed by atoms with E-state index in [1.165, 1.54) is 50.7 Å². The van der Waals surface area contributed by atoms with Gasteiger partial charge in [0.15, 0.2) is 0 Å². The van der Waals surface area contributed by atoms with Gasteiger partial charge in [-0.05, 0) is 56.4 Å². The minimum Gasteiger partial charge on any atom is -0.495 e. The van der Waals surface area contributed by atoms with E-state index in [-0.39, 0.29) is 0 Å². The Morgan fingerprint density at radius 2 is 1.73 bits per heavy atom. The van der Waals surface area contributed by atoms with Gasteiger partial charge in [-0.2, -0.15) is 0 Å². The number of allylic oxidation sites excluding steroid dienone is 2. The van der Waals surface area contributed by atoms with Crippen molar-refractivity contribution in [2.75, 3.05) is 0 Å². The van der Waals surface area contributed by atoms with Crippen molar-refractivity contribution in [1.82, 2.24) is 0 Å². The van der Waals surface area contributed by atoms with Crippen LogP contribution in [-0.4, -0.2) is 6.10 Å². The molecule has 1 heteroatoms. The molecule has 1 unspecified atom stereocenters. The Kier molecular flexibility index (Phi) is 3.71. The van der Waals surface area contributed by atoms with E-state index in [2.05, 4.69) is 19.9 Å². The van der Waals surface area contributed by atoms with E-state index < -0.39 is 0 Å². The molecular weight excluding hydrogens is 184 g/mol. The molecule has 1 saturated carbocycles. The zero-order chi connectivity index (χ0) is 10.7. The summed E-state index contributed by atoms with van der Waals surface area (Å²) >= 11 is 0. The molecule has 0 N–H and O–H groups in total. The Labute approximate surface area is 93.9 Å². The van der Waals surface area contributed by atoms with Crippen LogP contribution in [0.4, 0.5) is 0 Å². The van der Waals surface area contributed by atoms with Gasteiger partial charge in [-0.15, -0.1) is 0 Å². The van der Waals surface area contributed by atoms with Crippen molar-refractivity contribution in [3.63, 3.8) is 0 Å². The molecule has 1 fully saturated rings. The van der Waals surface area contributed by atoms with Crippen LogP contribution in [0, 0.1) is 11.8 Å². The van der Waals surface area contributed by atoms with Crippen LogP contribution in [0.5, 0.6) is 0 Å². The first-order valence-corrected chi connectivity index (χ1v) is 6.59. The lowest BCUT2D eigenvalue weighted by atomic mass is 9.88. The Bertz CT molecular complexity index is 223. The molecule has 2 aliphatic rings. The molecule has 0 spiro atoms. The minimum atomic E-state index is 0.529. The molecule has 0 amide bonds. The average molecular weight is 208 g/mol. The summed E-state index contributed by atoms with van der Waals surface area (Å²) in [7, 11) is 0. The monoisotopic (exact) mass is 208 g/mol. The second-order valence-electron chi connectivity index (χ2n) is 5.55. The molecule has 0 aliphatic heterocycles. The van der Waals surface area contributed by atoms with Crippen molar-refractivity contribution < 1.29 is 4.74 Å². The molecule has 0 saturated heterocycles. The van der Waals surface area contributed by atoms with Gasteiger partial charge in [-0.3, -0.25) is 0 Å². The van der Waals surface area contributed by atoms with Crippen LogP contribution in [0.15, 0.2) is 11.8 Å². The number of rotatable bonds is 2. The Hall–Kier alpha value is -0.460. The van der Waals surface area contributed by atoms with Crippen molar-refractivity contribution in [3.05, 3.63) is 11.8 Å². The Morgan fingerprint density at radius 1 is 1.00 bits per heavy atom. The quantitative estimate of drug-likeness (QED) is 0.658. The molecular formula is C14H24O. The highest BCUT2D eigenvalue weighted by atomic mass is 16.5. The fourth-order valence-corrected chi connectivity index (χ4v) is 2.61. The Balaban J connectivity index is 1.77. The van der Waals surface area contributed by atoms with Gasteiger partial charge in [0, 0.05) is 6.42 Å². The van der Waals surface area contributed by atoms with Crippen LogP contribution in [0.1, 0.15) is 58.8 Å². The first-order valence-electron chi connectivity index (χ1n) is 6.59. The highest BCUT2D eigenvalue weighted by Gasteiger charge is 2.21. The standard InChI is InChI=1S/C14H24O/c1-11-3-7-13(8-4-11)15-14-9-5-12(2)6-10-14/h7,11-12,14H,3-6,8-10H2,1-2H3. The second kappa shape index (κ2) is 5.05. The molecule has 0 aromatic heterocycles. The highest BCUT2D eigenvalue weighted by molar-refractivity contribution is 4.99. The molecule has 15 heavy (non-hydrogen) atoms. The zero-order valence-electron chi connectivity index (χ0n) is 10.2. The van der Waals surface area contributed by atoms with Crippen LogP contribution in [0.3, 0.4) is 0 Å². The molecule has 0 heterocycles. The maximum Gasteiger partial charge on any atom is 0.0982 e. The molecule has 0 bridgehead atoms. The predicted molar refractivity (Wildman–Crippen MR) is 63.6 cm³/mol. The summed E-state index contributed by atoms with van der Waals surface area (Å²) in [6, 6.07) is 0. The zero-order valence-corrected chi connectivity index (χ0v) is 10.2. The van der Waals surface area contributed by atoms with Gasteiger partial charge in [0.1, 0.15) is 0 Å². The smallest absolute Gasteiger partial charge is 0.0982 e. The maximum atomic E-state index is 6.09. The molecule has 1 nitrogen and oxygen atoms in total. The topological polar surface area (TPSA) is 9.23 Å². The van der Waals surface area contributed by atoms with E-state index >= 15 is 0 Å². The van der Waals surface area contributed by atoms with E-state index in [1.807, 2.05) is 0 Å². The lowest BCUT2D eigenvalue weighted by Gasteiger charge is -2.29. The highest BCUT2D eigenvalue weighted by Crippen LogP contribution is 2.30. The third kappa shape index (κ3) is 3.25. The second-order valence-corrected chi connectivity index (χ2v) is 5.55. The average Bonchev–Trinajstić information content (AvgIpc) is 2.25. The Morgan fingerprint density at radius 3 is 2.33 bits per heavy atom. The summed E-state index contributed by atoms with van der Waals surface area (Å²) in [4.78, 5) is 0. The van der Waals surface area contributed by atoms with E-state index in [9.17, 15) is 0 Å². The van der Waals surface area contributed by atoms with Crippen LogP contribution < -0.4 is 0 Å². The van der Waals surface area contributed by atoms with E-state index in [1.54, 1.807) is 0 Å². The number of hydrogen-bond acceptors (Lipinski definition) is 1. The van der Waals surface area contributed by atoms with Crippen LogP contribution in [-0.2, 0) is 4.74 Å². The summed E-state index contributed by atoms with van der Waals surface area (Å²) in [5, 5.41) is 0. The maximum absolute atomic E-state index is 6.09. The molecule has 1 atom stereocenters. The third-order valence-electron chi connectivity index (χ3n) is 3.91. The van der Waals surface area contributed by atoms with Gasteiger partial charge in [0.25, 0.3) is 0 Å². The summed E-state index contributed by atoms with van der Waals surface area (Å²) in [5.74, 6) is 3.07. The predicted octanol–water partition coefficient (Wildman–Crippen LogP) is 4.29. The summed E-state index contributed by atoms with van der Waals surface area (Å²) in [6.07, 6.45) is 11.8. The molecule has 86 valence electrons. The molecule has 0 radical (unpaired) electrons. The van der Waals surface area contributed by atoms with Gasteiger partial charge < -0.3 is 4.74 Å². The van der Waals surface area contributed by atoms with Crippen molar-refractivity contribution in [2.24, 2.45) is 11.8 Å². The summed E-state index contributed by atoms with van der Waals surface area (Å²) in [5.41, 5.74) is 0. The molecule has 0 aromatic carbocycles. The van der Waals surface area contributed by atoms with Gasteiger partial charge in [0.2, 0.25) is 0 Å². The normalized spacial score (nSPS) is 37.2.